The van der Waals surface area contributed by atoms with Gasteiger partial charge in [0.2, 0.25) is 5.91 Å². The van der Waals surface area contributed by atoms with Gasteiger partial charge in [-0.25, -0.2) is 0 Å². The number of nitrogens with zero attached hydrogens (tertiary/aromatic N) is 1. The molecule has 0 aliphatic carbocycles. The molecule has 1 aliphatic heterocycles. The molecule has 1 saturated heterocycles. The number of hydrogen-bond acceptors (Lipinski definition) is 4. The molecule has 1 rings (SSSR count). The zero-order valence-corrected chi connectivity index (χ0v) is 9.19. The van der Waals surface area contributed by atoms with Crippen molar-refractivity contribution in [2.24, 2.45) is 11.7 Å². The summed E-state index contributed by atoms with van der Waals surface area (Å²) >= 11 is 0. The largest absolute Gasteiger partial charge is 0.396 e. The first-order valence-electron chi connectivity index (χ1n) is 5.32. The van der Waals surface area contributed by atoms with Crippen LogP contribution in [0.1, 0.15) is 12.8 Å². The van der Waals surface area contributed by atoms with Gasteiger partial charge < -0.3 is 20.5 Å². The number of aliphatic hydroxyl groups is 1. The Morgan fingerprint density at radius 1 is 1.73 bits per heavy atom. The van der Waals surface area contributed by atoms with Crippen molar-refractivity contribution < 1.29 is 14.6 Å². The van der Waals surface area contributed by atoms with Crippen molar-refractivity contribution in [2.75, 3.05) is 33.4 Å². The lowest BCUT2D eigenvalue weighted by atomic mass is 10.1. The fraction of sp³-hybridized carbons (Fsp3) is 0.900. The minimum absolute atomic E-state index is 0.0725. The molecule has 1 heterocycles. The predicted molar refractivity (Wildman–Crippen MR) is 56.2 cm³/mol. The molecule has 3 N–H and O–H groups in total. The highest BCUT2D eigenvalue weighted by molar-refractivity contribution is 5.77. The summed E-state index contributed by atoms with van der Waals surface area (Å²) in [5.74, 6) is 0.316. The molecule has 1 aliphatic rings. The van der Waals surface area contributed by atoms with Gasteiger partial charge in [-0.15, -0.1) is 0 Å². The van der Waals surface area contributed by atoms with E-state index in [1.54, 1.807) is 12.0 Å². The Bertz CT molecular complexity index is 207. The molecule has 2 unspecified atom stereocenters. The van der Waals surface area contributed by atoms with Crippen LogP contribution < -0.4 is 5.73 Å². The van der Waals surface area contributed by atoms with Crippen molar-refractivity contribution in [3.63, 3.8) is 0 Å². The number of likely N-dealkylation sites (tertiary alicyclic amines) is 1. The number of aliphatic hydroxyl groups excluding tert-OH is 1. The molecule has 0 aromatic rings. The highest BCUT2D eigenvalue weighted by Crippen LogP contribution is 2.16. The van der Waals surface area contributed by atoms with Crippen LogP contribution >= 0.6 is 0 Å². The first-order valence-corrected chi connectivity index (χ1v) is 5.32. The first-order chi connectivity index (χ1) is 7.21. The maximum atomic E-state index is 11.7. The Kier molecular flexibility index (Phi) is 5.01. The molecule has 0 radical (unpaired) electrons. The van der Waals surface area contributed by atoms with Crippen LogP contribution in [0.3, 0.4) is 0 Å². The van der Waals surface area contributed by atoms with Crippen LogP contribution in [0.15, 0.2) is 0 Å². The van der Waals surface area contributed by atoms with Crippen molar-refractivity contribution in [1.82, 2.24) is 4.90 Å². The molecule has 2 atom stereocenters. The van der Waals surface area contributed by atoms with Crippen LogP contribution in [0.5, 0.6) is 0 Å². The number of carbonyl (C=O) groups excluding carboxylic acids is 1. The smallest absolute Gasteiger partial charge is 0.225 e. The standard InChI is InChI=1S/C10H20N2O3/c1-15-9(5-11)4-10(14)12-3-2-8(6-12)7-13/h8-9,13H,2-7,11H2,1H3. The van der Waals surface area contributed by atoms with E-state index in [0.29, 0.717) is 19.5 Å². The van der Waals surface area contributed by atoms with Gasteiger partial charge in [-0.2, -0.15) is 0 Å². The van der Waals surface area contributed by atoms with Crippen molar-refractivity contribution in [3.05, 3.63) is 0 Å². The highest BCUT2D eigenvalue weighted by Gasteiger charge is 2.26. The van der Waals surface area contributed by atoms with Gasteiger partial charge in [0.25, 0.3) is 0 Å². The van der Waals surface area contributed by atoms with E-state index >= 15 is 0 Å². The summed E-state index contributed by atoms with van der Waals surface area (Å²) in [6.45, 7) is 1.93. The lowest BCUT2D eigenvalue weighted by Crippen LogP contribution is -2.34. The number of ether oxygens (including phenoxy) is 1. The van der Waals surface area contributed by atoms with E-state index in [-0.39, 0.29) is 24.5 Å². The average molecular weight is 216 g/mol. The van der Waals surface area contributed by atoms with Crippen LogP contribution in [-0.4, -0.2) is 55.4 Å². The second kappa shape index (κ2) is 6.05. The van der Waals surface area contributed by atoms with E-state index < -0.39 is 0 Å². The van der Waals surface area contributed by atoms with E-state index in [9.17, 15) is 4.79 Å². The Labute approximate surface area is 90.2 Å². The maximum absolute atomic E-state index is 11.7. The lowest BCUT2D eigenvalue weighted by molar-refractivity contribution is -0.132. The van der Waals surface area contributed by atoms with Gasteiger partial charge in [-0.3, -0.25) is 4.79 Å². The van der Waals surface area contributed by atoms with Crippen LogP contribution in [-0.2, 0) is 9.53 Å². The van der Waals surface area contributed by atoms with E-state index in [1.807, 2.05) is 0 Å². The minimum Gasteiger partial charge on any atom is -0.396 e. The second-order valence-corrected chi connectivity index (χ2v) is 3.97. The van der Waals surface area contributed by atoms with Crippen molar-refractivity contribution in [2.45, 2.75) is 18.9 Å². The number of nitrogens with two attached hydrogens (primary N) is 1. The van der Waals surface area contributed by atoms with Gasteiger partial charge in [0, 0.05) is 39.3 Å². The Morgan fingerprint density at radius 3 is 2.93 bits per heavy atom. The van der Waals surface area contributed by atoms with Crippen LogP contribution in [0, 0.1) is 5.92 Å². The fourth-order valence-corrected chi connectivity index (χ4v) is 1.79. The summed E-state index contributed by atoms with van der Waals surface area (Å²) in [4.78, 5) is 13.5. The normalized spacial score (nSPS) is 23.1. The van der Waals surface area contributed by atoms with Crippen molar-refractivity contribution in [1.29, 1.82) is 0 Å². The molecular weight excluding hydrogens is 196 g/mol. The molecule has 1 fully saturated rings. The summed E-state index contributed by atoms with van der Waals surface area (Å²) in [6.07, 6.45) is 1.04. The van der Waals surface area contributed by atoms with Gasteiger partial charge in [-0.05, 0) is 6.42 Å². The Morgan fingerprint density at radius 2 is 2.47 bits per heavy atom. The van der Waals surface area contributed by atoms with E-state index in [1.165, 1.54) is 0 Å². The van der Waals surface area contributed by atoms with E-state index in [2.05, 4.69) is 0 Å². The third-order valence-electron chi connectivity index (χ3n) is 2.90. The van der Waals surface area contributed by atoms with Gasteiger partial charge in [-0.1, -0.05) is 0 Å². The zero-order valence-electron chi connectivity index (χ0n) is 9.19. The molecule has 5 heteroatoms. The zero-order chi connectivity index (χ0) is 11.3. The molecule has 0 spiro atoms. The van der Waals surface area contributed by atoms with Crippen molar-refractivity contribution >= 4 is 5.91 Å². The number of methoxy groups -OCH3 is 1. The summed E-state index contributed by atoms with van der Waals surface area (Å²) in [5, 5.41) is 8.96. The molecular formula is C10H20N2O3. The molecule has 0 bridgehead atoms. The van der Waals surface area contributed by atoms with E-state index in [0.717, 1.165) is 13.0 Å². The minimum atomic E-state index is -0.189. The Hall–Kier alpha value is -0.650. The van der Waals surface area contributed by atoms with Crippen molar-refractivity contribution in [3.8, 4) is 0 Å². The Balaban J connectivity index is 2.34. The van der Waals surface area contributed by atoms with Crippen LogP contribution in [0.4, 0.5) is 0 Å². The van der Waals surface area contributed by atoms with Gasteiger partial charge in [0.1, 0.15) is 0 Å². The SMILES string of the molecule is COC(CN)CC(=O)N1CCC(CO)C1. The number of hydrogen-bond donors (Lipinski definition) is 2. The fourth-order valence-electron chi connectivity index (χ4n) is 1.79. The lowest BCUT2D eigenvalue weighted by Gasteiger charge is -2.19. The molecule has 1 amide bonds. The summed E-state index contributed by atoms with van der Waals surface area (Å²) < 4.78 is 5.06. The number of carbonyl (C=O) groups is 1. The first kappa shape index (κ1) is 12.4. The molecule has 0 aromatic carbocycles. The second-order valence-electron chi connectivity index (χ2n) is 3.97. The topological polar surface area (TPSA) is 75.8 Å². The maximum Gasteiger partial charge on any atom is 0.225 e. The molecule has 0 aromatic heterocycles. The summed E-state index contributed by atoms with van der Waals surface area (Å²) in [6, 6.07) is 0. The van der Waals surface area contributed by atoms with Gasteiger partial charge in [0.05, 0.1) is 12.5 Å². The third-order valence-corrected chi connectivity index (χ3v) is 2.90. The van der Waals surface area contributed by atoms with Crippen LogP contribution in [0.25, 0.3) is 0 Å². The third kappa shape index (κ3) is 3.44. The number of rotatable bonds is 5. The average Bonchev–Trinajstić information content (AvgIpc) is 2.74. The molecule has 15 heavy (non-hydrogen) atoms. The van der Waals surface area contributed by atoms with Gasteiger partial charge >= 0.3 is 0 Å². The monoisotopic (exact) mass is 216 g/mol. The predicted octanol–water partition coefficient (Wildman–Crippen LogP) is -0.809. The molecule has 5 nitrogen and oxygen atoms in total. The summed E-state index contributed by atoms with van der Waals surface area (Å²) in [7, 11) is 1.56. The summed E-state index contributed by atoms with van der Waals surface area (Å²) in [5.41, 5.74) is 5.45. The molecule has 88 valence electrons. The van der Waals surface area contributed by atoms with Gasteiger partial charge in [0.15, 0.2) is 0 Å². The number of amides is 1. The molecule has 0 saturated carbocycles. The highest BCUT2D eigenvalue weighted by atomic mass is 16.5. The quantitative estimate of drug-likeness (QED) is 0.630. The van der Waals surface area contributed by atoms with Crippen LogP contribution in [0.2, 0.25) is 0 Å². The van der Waals surface area contributed by atoms with E-state index in [4.69, 9.17) is 15.6 Å².